The van der Waals surface area contributed by atoms with Gasteiger partial charge in [-0.1, -0.05) is 18.2 Å². The zero-order valence-electron chi connectivity index (χ0n) is 24.1. The standard InChI is InChI=1S/C30H38N4O7S2/c1-42(36,37)28-6-3-5-27(15-28)40-21-26(35)18-31-24-16-30(41-20-24)10-12-33(13-11-30)43(38,39)29-7-2-4-22(14-29)23-17-32-34(19-23)25-8-9-25/h2-7,14-15,17,19,24-26,31,35H,8-13,16,18,20-21H2,1H3/t24?,26-/m0/s1. The largest absolute Gasteiger partial charge is 0.491 e. The van der Waals surface area contributed by atoms with E-state index in [4.69, 9.17) is 9.47 Å². The van der Waals surface area contributed by atoms with Crippen LogP contribution in [0.15, 0.2) is 70.7 Å². The summed E-state index contributed by atoms with van der Waals surface area (Å²) in [6.07, 6.45) is 8.31. The minimum atomic E-state index is -3.66. The lowest BCUT2D eigenvalue weighted by Gasteiger charge is -2.38. The van der Waals surface area contributed by atoms with Gasteiger partial charge in [-0.3, -0.25) is 4.68 Å². The van der Waals surface area contributed by atoms with Crippen molar-refractivity contribution >= 4 is 19.9 Å². The Kier molecular flexibility index (Phi) is 8.39. The van der Waals surface area contributed by atoms with Gasteiger partial charge in [0.25, 0.3) is 0 Å². The Morgan fingerprint density at radius 3 is 2.56 bits per heavy atom. The van der Waals surface area contributed by atoms with Gasteiger partial charge in [-0.2, -0.15) is 9.40 Å². The number of sulfone groups is 1. The number of ether oxygens (including phenoxy) is 2. The van der Waals surface area contributed by atoms with Crippen LogP contribution in [0.4, 0.5) is 0 Å². The third kappa shape index (κ3) is 6.97. The zero-order chi connectivity index (χ0) is 30.2. The summed E-state index contributed by atoms with van der Waals surface area (Å²) in [5, 5.41) is 18.2. The number of aliphatic hydroxyl groups is 1. The average molecular weight is 631 g/mol. The summed E-state index contributed by atoms with van der Waals surface area (Å²) in [4.78, 5) is 0.446. The number of aromatic nitrogens is 2. The molecule has 3 heterocycles. The Morgan fingerprint density at radius 2 is 1.81 bits per heavy atom. The molecule has 2 aliphatic heterocycles. The lowest BCUT2D eigenvalue weighted by atomic mass is 9.88. The number of hydrogen-bond acceptors (Lipinski definition) is 9. The van der Waals surface area contributed by atoms with Gasteiger partial charge in [-0.05, 0) is 68.0 Å². The van der Waals surface area contributed by atoms with E-state index in [0.29, 0.717) is 44.3 Å². The predicted octanol–water partition coefficient (Wildman–Crippen LogP) is 2.63. The molecule has 1 aromatic heterocycles. The quantitative estimate of drug-likeness (QED) is 0.327. The van der Waals surface area contributed by atoms with Crippen LogP contribution in [0.5, 0.6) is 5.75 Å². The molecule has 13 heteroatoms. The van der Waals surface area contributed by atoms with Gasteiger partial charge < -0.3 is 19.9 Å². The summed E-state index contributed by atoms with van der Waals surface area (Å²) in [5.41, 5.74) is 1.36. The molecule has 11 nitrogen and oxygen atoms in total. The zero-order valence-corrected chi connectivity index (χ0v) is 25.8. The molecule has 3 aliphatic rings. The van der Waals surface area contributed by atoms with Crippen LogP contribution in [0, 0.1) is 0 Å². The summed E-state index contributed by atoms with van der Waals surface area (Å²) in [7, 11) is -7.00. The number of nitrogens with one attached hydrogen (secondary N) is 1. The third-order valence-corrected chi connectivity index (χ3v) is 11.5. The molecule has 43 heavy (non-hydrogen) atoms. The molecule has 6 rings (SSSR count). The van der Waals surface area contributed by atoms with Crippen molar-refractivity contribution in [3.8, 4) is 16.9 Å². The van der Waals surface area contributed by atoms with E-state index in [1.807, 2.05) is 16.9 Å². The third-order valence-electron chi connectivity index (χ3n) is 8.49. The van der Waals surface area contributed by atoms with Crippen LogP contribution in [0.25, 0.3) is 11.1 Å². The van der Waals surface area contributed by atoms with E-state index < -0.39 is 31.6 Å². The number of benzene rings is 2. The van der Waals surface area contributed by atoms with Crippen LogP contribution >= 0.6 is 0 Å². The molecule has 3 aromatic rings. The highest BCUT2D eigenvalue weighted by molar-refractivity contribution is 7.90. The lowest BCUT2D eigenvalue weighted by Crippen LogP contribution is -2.47. The molecule has 1 saturated carbocycles. The maximum Gasteiger partial charge on any atom is 0.243 e. The summed E-state index contributed by atoms with van der Waals surface area (Å²) in [6, 6.07) is 13.8. The molecule has 2 aromatic carbocycles. The Bertz CT molecular complexity index is 1660. The lowest BCUT2D eigenvalue weighted by molar-refractivity contribution is -0.0312. The fraction of sp³-hybridized carbons (Fsp3) is 0.500. The summed E-state index contributed by atoms with van der Waals surface area (Å²) in [5.74, 6) is 0.378. The van der Waals surface area contributed by atoms with Gasteiger partial charge in [0.15, 0.2) is 9.84 Å². The highest BCUT2D eigenvalue weighted by atomic mass is 32.2. The molecule has 2 atom stereocenters. The second-order valence-electron chi connectivity index (χ2n) is 11.9. The molecule has 1 aliphatic carbocycles. The Morgan fingerprint density at radius 1 is 1.07 bits per heavy atom. The second-order valence-corrected chi connectivity index (χ2v) is 15.8. The van der Waals surface area contributed by atoms with Crippen molar-refractivity contribution in [3.63, 3.8) is 0 Å². The number of aliphatic hydroxyl groups excluding tert-OH is 1. The SMILES string of the molecule is CS(=O)(=O)c1cccc(OC[C@@H](O)CNC2COC3(CCN(S(=O)(=O)c4cccc(-c5cnn(C6CC6)c5)c4)CC3)C2)c1. The fourth-order valence-electron chi connectivity index (χ4n) is 5.82. The van der Waals surface area contributed by atoms with Crippen molar-refractivity contribution in [1.82, 2.24) is 19.4 Å². The molecule has 2 N–H and O–H groups in total. The Balaban J connectivity index is 0.983. The van der Waals surface area contributed by atoms with Crippen molar-refractivity contribution in [2.75, 3.05) is 39.1 Å². The average Bonchev–Trinajstić information content (AvgIpc) is 3.59. The van der Waals surface area contributed by atoms with E-state index in [-0.39, 0.29) is 29.0 Å². The van der Waals surface area contributed by atoms with Gasteiger partial charge in [-0.15, -0.1) is 0 Å². The van der Waals surface area contributed by atoms with Crippen LogP contribution in [0.3, 0.4) is 0 Å². The molecule has 0 radical (unpaired) electrons. The number of piperidine rings is 1. The smallest absolute Gasteiger partial charge is 0.243 e. The Labute approximate surface area is 252 Å². The molecule has 0 bridgehead atoms. The van der Waals surface area contributed by atoms with Crippen molar-refractivity contribution in [1.29, 1.82) is 0 Å². The van der Waals surface area contributed by atoms with E-state index in [1.165, 1.54) is 12.1 Å². The first kappa shape index (κ1) is 30.2. The van der Waals surface area contributed by atoms with Gasteiger partial charge in [-0.25, -0.2) is 16.8 Å². The fourth-order valence-corrected chi connectivity index (χ4v) is 7.96. The first-order valence-corrected chi connectivity index (χ1v) is 18.0. The summed E-state index contributed by atoms with van der Waals surface area (Å²) < 4.78 is 65.9. The minimum absolute atomic E-state index is 0.00974. The molecule has 232 valence electrons. The van der Waals surface area contributed by atoms with E-state index in [9.17, 15) is 21.9 Å². The number of sulfonamides is 1. The van der Waals surface area contributed by atoms with Gasteiger partial charge in [0, 0.05) is 43.7 Å². The van der Waals surface area contributed by atoms with Gasteiger partial charge in [0.1, 0.15) is 18.5 Å². The summed E-state index contributed by atoms with van der Waals surface area (Å²) in [6.45, 7) is 1.53. The van der Waals surface area contributed by atoms with Crippen LogP contribution in [-0.2, 0) is 24.6 Å². The van der Waals surface area contributed by atoms with E-state index >= 15 is 0 Å². The molecule has 3 fully saturated rings. The molecular weight excluding hydrogens is 592 g/mol. The highest BCUT2D eigenvalue weighted by Gasteiger charge is 2.44. The van der Waals surface area contributed by atoms with Crippen LogP contribution in [-0.4, -0.2) is 92.9 Å². The first-order chi connectivity index (χ1) is 20.5. The van der Waals surface area contributed by atoms with Crippen LogP contribution in [0.1, 0.15) is 38.1 Å². The van der Waals surface area contributed by atoms with Crippen LogP contribution < -0.4 is 10.1 Å². The molecular formula is C30H38N4O7S2. The minimum Gasteiger partial charge on any atom is -0.491 e. The molecule has 0 amide bonds. The number of nitrogens with zero attached hydrogens (tertiary/aromatic N) is 3. The maximum atomic E-state index is 13.6. The van der Waals surface area contributed by atoms with Gasteiger partial charge >= 0.3 is 0 Å². The normalized spacial score (nSPS) is 21.7. The topological polar surface area (TPSA) is 140 Å². The van der Waals surface area contributed by atoms with Crippen molar-refractivity contribution in [2.45, 2.75) is 65.7 Å². The van der Waals surface area contributed by atoms with E-state index in [1.54, 1.807) is 40.8 Å². The number of rotatable bonds is 11. The predicted molar refractivity (Wildman–Crippen MR) is 160 cm³/mol. The summed E-state index contributed by atoms with van der Waals surface area (Å²) >= 11 is 0. The highest BCUT2D eigenvalue weighted by Crippen LogP contribution is 2.38. The van der Waals surface area contributed by atoms with Crippen molar-refractivity contribution < 1.29 is 31.4 Å². The Hall–Kier alpha value is -2.81. The molecule has 1 unspecified atom stereocenters. The van der Waals surface area contributed by atoms with Crippen molar-refractivity contribution in [3.05, 3.63) is 60.9 Å². The van der Waals surface area contributed by atoms with E-state index in [2.05, 4.69) is 10.4 Å². The monoisotopic (exact) mass is 630 g/mol. The molecule has 1 spiro atoms. The van der Waals surface area contributed by atoms with Crippen molar-refractivity contribution in [2.24, 2.45) is 0 Å². The second kappa shape index (κ2) is 11.9. The van der Waals surface area contributed by atoms with Gasteiger partial charge in [0.2, 0.25) is 10.0 Å². The van der Waals surface area contributed by atoms with Gasteiger partial charge in [0.05, 0.1) is 34.2 Å². The molecule has 2 saturated heterocycles. The first-order valence-electron chi connectivity index (χ1n) is 14.6. The number of hydrogen-bond donors (Lipinski definition) is 2. The maximum absolute atomic E-state index is 13.6. The van der Waals surface area contributed by atoms with Crippen LogP contribution in [0.2, 0.25) is 0 Å². The van der Waals surface area contributed by atoms with E-state index in [0.717, 1.165) is 36.6 Å².